The molecule has 1 N–H and O–H groups in total. The van der Waals surface area contributed by atoms with E-state index in [1.165, 1.54) is 6.07 Å². The fourth-order valence-electron chi connectivity index (χ4n) is 2.58. The van der Waals surface area contributed by atoms with E-state index in [1.54, 1.807) is 37.2 Å². The van der Waals surface area contributed by atoms with Crippen LogP contribution in [-0.2, 0) is 17.8 Å². The molecule has 0 aliphatic heterocycles. The molecule has 1 aromatic heterocycles. The average molecular weight is 333 g/mol. The van der Waals surface area contributed by atoms with E-state index in [4.69, 9.17) is 4.52 Å². The molecule has 1 heterocycles. The molecule has 5 nitrogen and oxygen atoms in total. The lowest BCUT2D eigenvalue weighted by atomic mass is 10.0. The Kier molecular flexibility index (Phi) is 6.09. The summed E-state index contributed by atoms with van der Waals surface area (Å²) in [6, 6.07) is 7.44. The van der Waals surface area contributed by atoms with E-state index in [2.05, 4.69) is 24.3 Å². The molecule has 1 amide bonds. The number of amides is 1. The topological polar surface area (TPSA) is 58.4 Å². The summed E-state index contributed by atoms with van der Waals surface area (Å²) in [6.07, 6.45) is 0.826. The Morgan fingerprint density at radius 1 is 1.33 bits per heavy atom. The molecule has 0 saturated carbocycles. The first kappa shape index (κ1) is 18.1. The van der Waals surface area contributed by atoms with Gasteiger partial charge in [-0.25, -0.2) is 4.39 Å². The van der Waals surface area contributed by atoms with Crippen LogP contribution in [0.5, 0.6) is 0 Å². The van der Waals surface area contributed by atoms with Gasteiger partial charge in [-0.15, -0.1) is 0 Å². The number of nitrogens with one attached hydrogen (secondary N) is 1. The molecule has 2 aromatic rings. The maximum absolute atomic E-state index is 14.0. The first-order chi connectivity index (χ1) is 11.4. The second-order valence-electron chi connectivity index (χ2n) is 6.49. The van der Waals surface area contributed by atoms with Crippen LogP contribution in [0.1, 0.15) is 36.9 Å². The molecule has 1 atom stereocenters. The predicted molar refractivity (Wildman–Crippen MR) is 89.7 cm³/mol. The largest absolute Gasteiger partial charge is 0.359 e. The molecule has 0 radical (unpaired) electrons. The van der Waals surface area contributed by atoms with Gasteiger partial charge in [-0.2, -0.15) is 0 Å². The zero-order chi connectivity index (χ0) is 17.7. The van der Waals surface area contributed by atoms with Gasteiger partial charge in [-0.3, -0.25) is 9.69 Å². The van der Waals surface area contributed by atoms with Gasteiger partial charge in [0.2, 0.25) is 5.91 Å². The minimum absolute atomic E-state index is 0.225. The number of hydrogen-bond acceptors (Lipinski definition) is 4. The SMILES string of the molecule is CC(C)Cc1cc(CNC(=O)C(c2ccccc2F)N(C)C)on1. The Labute approximate surface area is 141 Å². The molecule has 130 valence electrons. The average Bonchev–Trinajstić information content (AvgIpc) is 2.94. The van der Waals surface area contributed by atoms with E-state index < -0.39 is 11.9 Å². The summed E-state index contributed by atoms with van der Waals surface area (Å²) in [7, 11) is 3.48. The van der Waals surface area contributed by atoms with Gasteiger partial charge < -0.3 is 9.84 Å². The van der Waals surface area contributed by atoms with Crippen LogP contribution in [-0.4, -0.2) is 30.1 Å². The molecule has 2 rings (SSSR count). The molecule has 0 spiro atoms. The monoisotopic (exact) mass is 333 g/mol. The van der Waals surface area contributed by atoms with E-state index in [9.17, 15) is 9.18 Å². The van der Waals surface area contributed by atoms with Gasteiger partial charge in [0.15, 0.2) is 5.76 Å². The van der Waals surface area contributed by atoms with Gasteiger partial charge >= 0.3 is 0 Å². The smallest absolute Gasteiger partial charge is 0.242 e. The van der Waals surface area contributed by atoms with Gasteiger partial charge in [-0.1, -0.05) is 37.2 Å². The number of likely N-dealkylation sites (N-methyl/N-ethyl adjacent to an activating group) is 1. The van der Waals surface area contributed by atoms with Crippen LogP contribution in [0, 0.1) is 11.7 Å². The number of carbonyl (C=O) groups is 1. The molecule has 1 aromatic carbocycles. The molecule has 6 heteroatoms. The maximum atomic E-state index is 14.0. The molecule has 0 bridgehead atoms. The van der Waals surface area contributed by atoms with Crippen molar-refractivity contribution in [2.24, 2.45) is 5.92 Å². The summed E-state index contributed by atoms with van der Waals surface area (Å²) in [6.45, 7) is 4.43. The summed E-state index contributed by atoms with van der Waals surface area (Å²) in [4.78, 5) is 14.2. The molecule has 0 saturated heterocycles. The Morgan fingerprint density at radius 3 is 2.67 bits per heavy atom. The van der Waals surface area contributed by atoms with E-state index in [-0.39, 0.29) is 12.5 Å². The van der Waals surface area contributed by atoms with Crippen LogP contribution >= 0.6 is 0 Å². The predicted octanol–water partition coefficient (Wildman–Crippen LogP) is 2.93. The van der Waals surface area contributed by atoms with Crippen LogP contribution in [0.15, 0.2) is 34.9 Å². The van der Waals surface area contributed by atoms with Gasteiger partial charge in [0.25, 0.3) is 0 Å². The Hall–Kier alpha value is -2.21. The van der Waals surface area contributed by atoms with Crippen molar-refractivity contribution in [1.29, 1.82) is 0 Å². The molecule has 1 unspecified atom stereocenters. The lowest BCUT2D eigenvalue weighted by Crippen LogP contribution is -2.37. The number of nitrogens with zero attached hydrogens (tertiary/aromatic N) is 2. The third-order valence-corrected chi connectivity index (χ3v) is 3.63. The van der Waals surface area contributed by atoms with Crippen LogP contribution in [0.4, 0.5) is 4.39 Å². The zero-order valence-corrected chi connectivity index (χ0v) is 14.5. The van der Waals surface area contributed by atoms with Crippen LogP contribution < -0.4 is 5.32 Å². The highest BCUT2D eigenvalue weighted by atomic mass is 19.1. The highest BCUT2D eigenvalue weighted by Gasteiger charge is 2.25. The van der Waals surface area contributed by atoms with Gasteiger partial charge in [-0.05, 0) is 32.5 Å². The number of aromatic nitrogens is 1. The minimum atomic E-state index is -0.704. The summed E-state index contributed by atoms with van der Waals surface area (Å²) in [5.74, 6) is 0.388. The number of hydrogen-bond donors (Lipinski definition) is 1. The third-order valence-electron chi connectivity index (χ3n) is 3.63. The molecular formula is C18H24FN3O2. The highest BCUT2D eigenvalue weighted by Crippen LogP contribution is 2.21. The first-order valence-corrected chi connectivity index (χ1v) is 8.01. The number of benzene rings is 1. The van der Waals surface area contributed by atoms with E-state index in [0.29, 0.717) is 17.2 Å². The first-order valence-electron chi connectivity index (χ1n) is 8.01. The molecule has 0 aliphatic carbocycles. The third kappa shape index (κ3) is 4.64. The van der Waals surface area contributed by atoms with Gasteiger partial charge in [0.1, 0.15) is 11.9 Å². The van der Waals surface area contributed by atoms with E-state index in [0.717, 1.165) is 12.1 Å². The Morgan fingerprint density at radius 2 is 2.04 bits per heavy atom. The maximum Gasteiger partial charge on any atom is 0.242 e. The second kappa shape index (κ2) is 8.06. The van der Waals surface area contributed by atoms with Crippen LogP contribution in [0.2, 0.25) is 0 Å². The standard InChI is InChI=1S/C18H24FN3O2/c1-12(2)9-13-10-14(24-21-13)11-20-18(23)17(22(3)4)15-7-5-6-8-16(15)19/h5-8,10,12,17H,9,11H2,1-4H3,(H,20,23). The van der Waals surface area contributed by atoms with Crippen molar-refractivity contribution in [3.05, 3.63) is 53.2 Å². The normalized spacial score (nSPS) is 12.6. The fraction of sp³-hybridized carbons (Fsp3) is 0.444. The zero-order valence-electron chi connectivity index (χ0n) is 14.5. The lowest BCUT2D eigenvalue weighted by molar-refractivity contribution is -0.126. The van der Waals surface area contributed by atoms with Crippen molar-refractivity contribution < 1.29 is 13.7 Å². The van der Waals surface area contributed by atoms with Gasteiger partial charge in [0, 0.05) is 11.6 Å². The van der Waals surface area contributed by atoms with Crippen LogP contribution in [0.25, 0.3) is 0 Å². The number of carbonyl (C=O) groups excluding carboxylic acids is 1. The Bertz CT molecular complexity index is 682. The van der Waals surface area contributed by atoms with Crippen molar-refractivity contribution in [2.45, 2.75) is 32.9 Å². The summed E-state index contributed by atoms with van der Waals surface area (Å²) >= 11 is 0. The van der Waals surface area contributed by atoms with E-state index >= 15 is 0 Å². The number of rotatable bonds is 7. The van der Waals surface area contributed by atoms with Crippen molar-refractivity contribution in [2.75, 3.05) is 14.1 Å². The molecular weight excluding hydrogens is 309 g/mol. The van der Waals surface area contributed by atoms with Crippen molar-refractivity contribution in [1.82, 2.24) is 15.4 Å². The molecule has 0 fully saturated rings. The summed E-state index contributed by atoms with van der Waals surface area (Å²) in [5.41, 5.74) is 1.21. The summed E-state index contributed by atoms with van der Waals surface area (Å²) in [5, 5.41) is 6.78. The Balaban J connectivity index is 2.04. The minimum Gasteiger partial charge on any atom is -0.359 e. The second-order valence-corrected chi connectivity index (χ2v) is 6.49. The van der Waals surface area contributed by atoms with Crippen molar-refractivity contribution in [3.8, 4) is 0 Å². The van der Waals surface area contributed by atoms with Crippen molar-refractivity contribution >= 4 is 5.91 Å². The molecule has 0 aliphatic rings. The van der Waals surface area contributed by atoms with Crippen LogP contribution in [0.3, 0.4) is 0 Å². The quantitative estimate of drug-likeness (QED) is 0.846. The van der Waals surface area contributed by atoms with Gasteiger partial charge in [0.05, 0.1) is 12.2 Å². The highest BCUT2D eigenvalue weighted by molar-refractivity contribution is 5.83. The van der Waals surface area contributed by atoms with E-state index in [1.807, 2.05) is 6.07 Å². The molecule has 24 heavy (non-hydrogen) atoms. The fourth-order valence-corrected chi connectivity index (χ4v) is 2.58. The summed E-state index contributed by atoms with van der Waals surface area (Å²) < 4.78 is 19.2. The van der Waals surface area contributed by atoms with Crippen molar-refractivity contribution in [3.63, 3.8) is 0 Å². The lowest BCUT2D eigenvalue weighted by Gasteiger charge is -2.23. The number of halogens is 1.